The molecule has 114 valence electrons. The van der Waals surface area contributed by atoms with E-state index >= 15 is 0 Å². The highest BCUT2D eigenvalue weighted by molar-refractivity contribution is 5.81. The van der Waals surface area contributed by atoms with Crippen molar-refractivity contribution in [2.24, 2.45) is 0 Å². The summed E-state index contributed by atoms with van der Waals surface area (Å²) in [7, 11) is 0. The molecule has 0 saturated carbocycles. The zero-order valence-electron chi connectivity index (χ0n) is 12.0. The first-order valence-electron chi connectivity index (χ1n) is 7.05. The Morgan fingerprint density at radius 2 is 2.00 bits per heavy atom. The maximum atomic E-state index is 13.6. The summed E-state index contributed by atoms with van der Waals surface area (Å²) in [5.41, 5.74) is 0. The van der Waals surface area contributed by atoms with E-state index in [1.165, 1.54) is 12.1 Å². The molecule has 1 aliphatic heterocycles. The van der Waals surface area contributed by atoms with Crippen molar-refractivity contribution >= 4 is 12.3 Å². The molecule has 6 heteroatoms. The lowest BCUT2D eigenvalue weighted by molar-refractivity contribution is -0.142. The molecule has 1 heterocycles. The average molecular weight is 294 g/mol. The molecule has 5 nitrogen and oxygen atoms in total. The molecule has 0 bridgehead atoms. The van der Waals surface area contributed by atoms with Crippen molar-refractivity contribution in [3.05, 3.63) is 30.1 Å². The fourth-order valence-electron chi connectivity index (χ4n) is 2.25. The predicted molar refractivity (Wildman–Crippen MR) is 75.3 cm³/mol. The normalized spacial score (nSPS) is 16.5. The van der Waals surface area contributed by atoms with Crippen molar-refractivity contribution in [1.82, 2.24) is 9.80 Å². The Kier molecular flexibility index (Phi) is 5.14. The molecule has 1 fully saturated rings. The zero-order chi connectivity index (χ0) is 15.2. The summed E-state index contributed by atoms with van der Waals surface area (Å²) in [4.78, 5) is 26.4. The van der Waals surface area contributed by atoms with Gasteiger partial charge in [0.05, 0.1) is 0 Å². The number of rotatable bonds is 5. The summed E-state index contributed by atoms with van der Waals surface area (Å²) in [6.45, 7) is 3.82. The number of carbonyl (C=O) groups is 2. The van der Waals surface area contributed by atoms with Gasteiger partial charge in [-0.15, -0.1) is 0 Å². The molecule has 2 rings (SSSR count). The number of hydrogen-bond donors (Lipinski definition) is 0. The monoisotopic (exact) mass is 294 g/mol. The van der Waals surface area contributed by atoms with Gasteiger partial charge in [0.15, 0.2) is 17.7 Å². The Labute approximate surface area is 123 Å². The third-order valence-electron chi connectivity index (χ3n) is 3.53. The molecule has 2 amide bonds. The second-order valence-electron chi connectivity index (χ2n) is 4.91. The van der Waals surface area contributed by atoms with Crippen molar-refractivity contribution in [3.8, 4) is 5.75 Å². The van der Waals surface area contributed by atoms with Crippen molar-refractivity contribution in [2.45, 2.75) is 19.4 Å². The van der Waals surface area contributed by atoms with Gasteiger partial charge in [-0.05, 0) is 18.6 Å². The van der Waals surface area contributed by atoms with E-state index in [2.05, 4.69) is 0 Å². The van der Waals surface area contributed by atoms with Gasteiger partial charge >= 0.3 is 0 Å². The van der Waals surface area contributed by atoms with Gasteiger partial charge in [0, 0.05) is 26.2 Å². The third kappa shape index (κ3) is 3.71. The molecule has 1 atom stereocenters. The van der Waals surface area contributed by atoms with Gasteiger partial charge in [0.25, 0.3) is 5.91 Å². The molecule has 0 aliphatic carbocycles. The molecule has 0 radical (unpaired) electrons. The van der Waals surface area contributed by atoms with Gasteiger partial charge in [-0.25, -0.2) is 4.39 Å². The lowest BCUT2D eigenvalue weighted by Gasteiger charge is -2.34. The van der Waals surface area contributed by atoms with E-state index in [1.807, 2.05) is 6.92 Å². The SMILES string of the molecule is CC[C@H](Oc1ccccc1F)C(=O)N1CCN(C=O)CC1. The molecular formula is C15H19FN2O3. The van der Waals surface area contributed by atoms with Crippen LogP contribution in [-0.2, 0) is 9.59 Å². The van der Waals surface area contributed by atoms with Crippen molar-refractivity contribution in [2.75, 3.05) is 26.2 Å². The number of para-hydroxylation sites is 1. The van der Waals surface area contributed by atoms with E-state index in [-0.39, 0.29) is 11.7 Å². The number of nitrogens with zero attached hydrogens (tertiary/aromatic N) is 2. The summed E-state index contributed by atoms with van der Waals surface area (Å²) in [5.74, 6) is -0.551. The average Bonchev–Trinajstić information content (AvgIpc) is 2.53. The molecular weight excluding hydrogens is 275 g/mol. The van der Waals surface area contributed by atoms with Crippen LogP contribution < -0.4 is 4.74 Å². The summed E-state index contributed by atoms with van der Waals surface area (Å²) < 4.78 is 19.1. The Bertz CT molecular complexity index is 501. The standard InChI is InChI=1S/C15H19FN2O3/c1-2-13(21-14-6-4-3-5-12(14)16)15(20)18-9-7-17(11-19)8-10-18/h3-6,11,13H,2,7-10H2,1H3/t13-/m0/s1. The maximum Gasteiger partial charge on any atom is 0.263 e. The first-order valence-corrected chi connectivity index (χ1v) is 7.05. The lowest BCUT2D eigenvalue weighted by atomic mass is 10.2. The Morgan fingerprint density at radius 3 is 2.57 bits per heavy atom. The predicted octanol–water partition coefficient (Wildman–Crippen LogP) is 1.28. The lowest BCUT2D eigenvalue weighted by Crippen LogP contribution is -2.51. The minimum absolute atomic E-state index is 0.0872. The number of amides is 2. The van der Waals surface area contributed by atoms with E-state index in [1.54, 1.807) is 21.9 Å². The highest BCUT2D eigenvalue weighted by Gasteiger charge is 2.27. The van der Waals surface area contributed by atoms with E-state index < -0.39 is 11.9 Å². The van der Waals surface area contributed by atoms with Gasteiger partial charge in [-0.2, -0.15) is 0 Å². The van der Waals surface area contributed by atoms with Crippen LogP contribution in [0.25, 0.3) is 0 Å². The molecule has 0 N–H and O–H groups in total. The van der Waals surface area contributed by atoms with Crippen LogP contribution in [0.15, 0.2) is 24.3 Å². The van der Waals surface area contributed by atoms with Crippen LogP contribution >= 0.6 is 0 Å². The minimum atomic E-state index is -0.704. The number of hydrogen-bond acceptors (Lipinski definition) is 3. The Morgan fingerprint density at radius 1 is 1.33 bits per heavy atom. The molecule has 1 saturated heterocycles. The molecule has 0 unspecified atom stereocenters. The van der Waals surface area contributed by atoms with Gasteiger partial charge in [0.1, 0.15) is 0 Å². The topological polar surface area (TPSA) is 49.9 Å². The first-order chi connectivity index (χ1) is 10.2. The van der Waals surface area contributed by atoms with Gasteiger partial charge < -0.3 is 14.5 Å². The number of halogens is 1. The molecule has 1 aromatic carbocycles. The van der Waals surface area contributed by atoms with Gasteiger partial charge in [-0.3, -0.25) is 9.59 Å². The van der Waals surface area contributed by atoms with Crippen LogP contribution in [0.1, 0.15) is 13.3 Å². The van der Waals surface area contributed by atoms with E-state index in [0.29, 0.717) is 32.6 Å². The maximum absolute atomic E-state index is 13.6. The quantitative estimate of drug-likeness (QED) is 0.769. The second kappa shape index (κ2) is 7.06. The van der Waals surface area contributed by atoms with Crippen LogP contribution in [0, 0.1) is 5.82 Å². The first kappa shape index (κ1) is 15.3. The number of benzene rings is 1. The van der Waals surface area contributed by atoms with Crippen LogP contribution in [0.2, 0.25) is 0 Å². The third-order valence-corrected chi connectivity index (χ3v) is 3.53. The Balaban J connectivity index is 1.99. The Hall–Kier alpha value is -2.11. The van der Waals surface area contributed by atoms with Crippen LogP contribution in [-0.4, -0.2) is 54.4 Å². The summed E-state index contributed by atoms with van der Waals surface area (Å²) in [6.07, 6.45) is 0.542. The number of carbonyl (C=O) groups excluding carboxylic acids is 2. The molecule has 1 aromatic rings. The fourth-order valence-corrected chi connectivity index (χ4v) is 2.25. The van der Waals surface area contributed by atoms with Crippen molar-refractivity contribution in [1.29, 1.82) is 0 Å². The molecule has 1 aliphatic rings. The van der Waals surface area contributed by atoms with Gasteiger partial charge in [0.2, 0.25) is 6.41 Å². The number of piperazine rings is 1. The largest absolute Gasteiger partial charge is 0.478 e. The summed E-state index contributed by atoms with van der Waals surface area (Å²) in [6, 6.07) is 6.05. The highest BCUT2D eigenvalue weighted by Crippen LogP contribution is 2.19. The molecule has 21 heavy (non-hydrogen) atoms. The van der Waals surface area contributed by atoms with Crippen LogP contribution in [0.4, 0.5) is 4.39 Å². The molecule has 0 aromatic heterocycles. The highest BCUT2D eigenvalue weighted by atomic mass is 19.1. The van der Waals surface area contributed by atoms with Crippen molar-refractivity contribution in [3.63, 3.8) is 0 Å². The van der Waals surface area contributed by atoms with Crippen LogP contribution in [0.5, 0.6) is 5.75 Å². The van der Waals surface area contributed by atoms with Gasteiger partial charge in [-0.1, -0.05) is 19.1 Å². The second-order valence-corrected chi connectivity index (χ2v) is 4.91. The van der Waals surface area contributed by atoms with Crippen molar-refractivity contribution < 1.29 is 18.7 Å². The minimum Gasteiger partial charge on any atom is -0.478 e. The number of ether oxygens (including phenoxy) is 1. The zero-order valence-corrected chi connectivity index (χ0v) is 12.0. The fraction of sp³-hybridized carbons (Fsp3) is 0.467. The van der Waals surface area contributed by atoms with E-state index in [4.69, 9.17) is 4.74 Å². The summed E-state index contributed by atoms with van der Waals surface area (Å²) >= 11 is 0. The van der Waals surface area contributed by atoms with Crippen LogP contribution in [0.3, 0.4) is 0 Å². The summed E-state index contributed by atoms with van der Waals surface area (Å²) in [5, 5.41) is 0. The van der Waals surface area contributed by atoms with E-state index in [0.717, 1.165) is 6.41 Å². The van der Waals surface area contributed by atoms with E-state index in [9.17, 15) is 14.0 Å². The molecule has 0 spiro atoms. The smallest absolute Gasteiger partial charge is 0.263 e.